The summed E-state index contributed by atoms with van der Waals surface area (Å²) >= 11 is 0. The summed E-state index contributed by atoms with van der Waals surface area (Å²) < 4.78 is 42.7. The molecule has 1 heterocycles. The number of alkyl halides is 2. The predicted octanol–water partition coefficient (Wildman–Crippen LogP) is 2.34. The van der Waals surface area contributed by atoms with Crippen LogP contribution in [0.3, 0.4) is 0 Å². The molecule has 0 unspecified atom stereocenters. The van der Waals surface area contributed by atoms with Gasteiger partial charge in [0.25, 0.3) is 0 Å². The smallest absolute Gasteiger partial charge is 0.387 e. The van der Waals surface area contributed by atoms with Gasteiger partial charge in [-0.05, 0) is 25.5 Å². The maximum Gasteiger partial charge on any atom is 0.387 e. The molecular weight excluding hydrogens is 313 g/mol. The first kappa shape index (κ1) is 17.4. The summed E-state index contributed by atoms with van der Waals surface area (Å²) in [7, 11) is 0. The number of carbonyl (C=O) groups is 1. The third kappa shape index (κ3) is 4.51. The number of benzene rings is 1. The summed E-state index contributed by atoms with van der Waals surface area (Å²) in [5.41, 5.74) is -0.132. The molecule has 0 aliphatic carbocycles. The van der Waals surface area contributed by atoms with Gasteiger partial charge in [0.05, 0.1) is 12.6 Å². The molecule has 2 atom stereocenters. The fourth-order valence-electron chi connectivity index (χ4n) is 2.56. The molecule has 5 nitrogen and oxygen atoms in total. The number of amides is 2. The average Bonchev–Trinajstić information content (AvgIpc) is 2.96. The second-order valence-electron chi connectivity index (χ2n) is 5.49. The van der Waals surface area contributed by atoms with Crippen molar-refractivity contribution in [3.05, 3.63) is 29.6 Å². The van der Waals surface area contributed by atoms with Crippen molar-refractivity contribution in [1.82, 2.24) is 10.2 Å². The van der Waals surface area contributed by atoms with Gasteiger partial charge in [0, 0.05) is 24.6 Å². The molecule has 2 N–H and O–H groups in total. The Balaban J connectivity index is 1.97. The zero-order valence-corrected chi connectivity index (χ0v) is 12.6. The van der Waals surface area contributed by atoms with Crippen molar-refractivity contribution in [3.8, 4) is 5.75 Å². The first-order valence-electron chi connectivity index (χ1n) is 7.31. The molecule has 2 amide bonds. The van der Waals surface area contributed by atoms with E-state index in [1.54, 1.807) is 6.92 Å². The van der Waals surface area contributed by atoms with Crippen LogP contribution < -0.4 is 10.1 Å². The minimum absolute atomic E-state index is 0.00643. The van der Waals surface area contributed by atoms with Crippen molar-refractivity contribution in [1.29, 1.82) is 0 Å². The quantitative estimate of drug-likeness (QED) is 0.870. The molecule has 23 heavy (non-hydrogen) atoms. The standard InChI is InChI=1S/C15H19F3N2O3/c1-9(21)10-5-6-20(8-10)15(22)19-7-11-12(16)3-2-4-13(11)23-14(17)18/h2-4,9-10,14,21H,5-8H2,1H3,(H,19,22)/t9-,10-/m0/s1. The molecule has 1 aliphatic rings. The van der Waals surface area contributed by atoms with Gasteiger partial charge in [-0.3, -0.25) is 0 Å². The number of likely N-dealkylation sites (tertiary alicyclic amines) is 1. The van der Waals surface area contributed by atoms with Crippen LogP contribution >= 0.6 is 0 Å². The molecule has 8 heteroatoms. The van der Waals surface area contributed by atoms with E-state index >= 15 is 0 Å². The molecule has 1 saturated heterocycles. The van der Waals surface area contributed by atoms with E-state index in [1.807, 2.05) is 0 Å². The first-order valence-corrected chi connectivity index (χ1v) is 7.31. The van der Waals surface area contributed by atoms with Crippen LogP contribution in [0.5, 0.6) is 5.75 Å². The fraction of sp³-hybridized carbons (Fsp3) is 0.533. The van der Waals surface area contributed by atoms with Gasteiger partial charge in [-0.2, -0.15) is 8.78 Å². The number of aliphatic hydroxyl groups is 1. The lowest BCUT2D eigenvalue weighted by Gasteiger charge is -2.19. The number of hydrogen-bond acceptors (Lipinski definition) is 3. The maximum atomic E-state index is 13.8. The molecule has 0 aromatic heterocycles. The van der Waals surface area contributed by atoms with Crippen LogP contribution in [0, 0.1) is 11.7 Å². The lowest BCUT2D eigenvalue weighted by Crippen LogP contribution is -2.39. The van der Waals surface area contributed by atoms with E-state index in [0.717, 1.165) is 6.07 Å². The summed E-state index contributed by atoms with van der Waals surface area (Å²) in [6, 6.07) is 3.15. The van der Waals surface area contributed by atoms with E-state index in [0.29, 0.717) is 19.5 Å². The van der Waals surface area contributed by atoms with E-state index in [1.165, 1.54) is 17.0 Å². The second-order valence-corrected chi connectivity index (χ2v) is 5.49. The Kier molecular flexibility index (Phi) is 5.70. The number of halogens is 3. The van der Waals surface area contributed by atoms with Crippen molar-refractivity contribution in [2.24, 2.45) is 5.92 Å². The number of aliphatic hydroxyl groups excluding tert-OH is 1. The van der Waals surface area contributed by atoms with Crippen LogP contribution in [0.2, 0.25) is 0 Å². The van der Waals surface area contributed by atoms with Gasteiger partial charge in [0.2, 0.25) is 0 Å². The molecule has 2 rings (SSSR count). The molecule has 128 valence electrons. The SMILES string of the molecule is C[C@H](O)[C@H]1CCN(C(=O)NCc2c(F)cccc2OC(F)F)C1. The molecule has 0 spiro atoms. The van der Waals surface area contributed by atoms with E-state index in [2.05, 4.69) is 10.1 Å². The highest BCUT2D eigenvalue weighted by Gasteiger charge is 2.29. The summed E-state index contributed by atoms with van der Waals surface area (Å²) in [4.78, 5) is 13.6. The number of rotatable bonds is 5. The largest absolute Gasteiger partial charge is 0.434 e. The normalized spacial score (nSPS) is 19.0. The third-order valence-corrected chi connectivity index (χ3v) is 3.90. The number of carbonyl (C=O) groups excluding carboxylic acids is 1. The highest BCUT2D eigenvalue weighted by atomic mass is 19.3. The van der Waals surface area contributed by atoms with Gasteiger partial charge < -0.3 is 20.1 Å². The summed E-state index contributed by atoms with van der Waals surface area (Å²) in [6.45, 7) is -0.778. The van der Waals surface area contributed by atoms with Crippen LogP contribution in [0.4, 0.5) is 18.0 Å². The monoisotopic (exact) mass is 332 g/mol. The fourth-order valence-corrected chi connectivity index (χ4v) is 2.56. The zero-order valence-electron chi connectivity index (χ0n) is 12.6. The number of urea groups is 1. The number of hydrogen-bond donors (Lipinski definition) is 2. The van der Waals surface area contributed by atoms with Crippen LogP contribution in [0.15, 0.2) is 18.2 Å². The van der Waals surface area contributed by atoms with Gasteiger partial charge in [0.1, 0.15) is 11.6 Å². The Labute approximate surface area is 132 Å². The highest BCUT2D eigenvalue weighted by Crippen LogP contribution is 2.24. The Morgan fingerprint density at radius 3 is 2.87 bits per heavy atom. The van der Waals surface area contributed by atoms with Gasteiger partial charge in [0.15, 0.2) is 0 Å². The second kappa shape index (κ2) is 7.54. The Morgan fingerprint density at radius 2 is 2.26 bits per heavy atom. The Morgan fingerprint density at radius 1 is 1.52 bits per heavy atom. The molecule has 1 fully saturated rings. The molecule has 0 radical (unpaired) electrons. The predicted molar refractivity (Wildman–Crippen MR) is 76.6 cm³/mol. The van der Waals surface area contributed by atoms with Gasteiger partial charge >= 0.3 is 12.6 Å². The van der Waals surface area contributed by atoms with Crippen molar-refractivity contribution < 1.29 is 27.8 Å². The van der Waals surface area contributed by atoms with E-state index in [-0.39, 0.29) is 23.8 Å². The molecule has 0 bridgehead atoms. The van der Waals surface area contributed by atoms with Crippen molar-refractivity contribution in [2.45, 2.75) is 32.6 Å². The molecular formula is C15H19F3N2O3. The summed E-state index contributed by atoms with van der Waals surface area (Å²) in [5.74, 6) is -1.03. The maximum absolute atomic E-state index is 13.8. The molecule has 1 aliphatic heterocycles. The first-order chi connectivity index (χ1) is 10.9. The third-order valence-electron chi connectivity index (χ3n) is 3.90. The summed E-state index contributed by atoms with van der Waals surface area (Å²) in [5, 5.41) is 12.0. The molecule has 1 aromatic carbocycles. The van der Waals surface area contributed by atoms with Crippen LogP contribution in [-0.4, -0.2) is 41.8 Å². The van der Waals surface area contributed by atoms with Crippen molar-refractivity contribution in [3.63, 3.8) is 0 Å². The Bertz CT molecular complexity index is 555. The topological polar surface area (TPSA) is 61.8 Å². The van der Waals surface area contributed by atoms with E-state index in [4.69, 9.17) is 0 Å². The number of nitrogens with zero attached hydrogens (tertiary/aromatic N) is 1. The van der Waals surface area contributed by atoms with Crippen LogP contribution in [-0.2, 0) is 6.54 Å². The zero-order chi connectivity index (χ0) is 17.0. The minimum atomic E-state index is -3.07. The van der Waals surface area contributed by atoms with E-state index < -0.39 is 24.6 Å². The average molecular weight is 332 g/mol. The Hall–Kier alpha value is -1.96. The van der Waals surface area contributed by atoms with E-state index in [9.17, 15) is 23.1 Å². The van der Waals surface area contributed by atoms with Gasteiger partial charge in [-0.1, -0.05) is 6.07 Å². The number of nitrogens with one attached hydrogen (secondary N) is 1. The van der Waals surface area contributed by atoms with Crippen molar-refractivity contribution >= 4 is 6.03 Å². The van der Waals surface area contributed by atoms with Crippen molar-refractivity contribution in [2.75, 3.05) is 13.1 Å². The van der Waals surface area contributed by atoms with Gasteiger partial charge in [-0.15, -0.1) is 0 Å². The van der Waals surface area contributed by atoms with Gasteiger partial charge in [-0.25, -0.2) is 9.18 Å². The molecule has 1 aromatic rings. The minimum Gasteiger partial charge on any atom is -0.434 e. The lowest BCUT2D eigenvalue weighted by atomic mass is 10.0. The summed E-state index contributed by atoms with van der Waals surface area (Å²) in [6.07, 6.45) is 0.176. The van der Waals surface area contributed by atoms with Crippen LogP contribution in [0.25, 0.3) is 0 Å². The van der Waals surface area contributed by atoms with Crippen LogP contribution in [0.1, 0.15) is 18.9 Å². The number of ether oxygens (including phenoxy) is 1. The molecule has 0 saturated carbocycles. The lowest BCUT2D eigenvalue weighted by molar-refractivity contribution is -0.0506. The highest BCUT2D eigenvalue weighted by molar-refractivity contribution is 5.74.